The van der Waals surface area contributed by atoms with Crippen molar-refractivity contribution in [1.82, 2.24) is 4.98 Å². The van der Waals surface area contributed by atoms with E-state index < -0.39 is 64.4 Å². The number of ether oxygens (including phenoxy) is 5. The van der Waals surface area contributed by atoms with Gasteiger partial charge in [-0.25, -0.2) is 9.78 Å². The molecule has 3 aliphatic rings. The maximum Gasteiger partial charge on any atom is 0.412 e. The van der Waals surface area contributed by atoms with Crippen molar-refractivity contribution in [3.05, 3.63) is 87.1 Å². The molecule has 0 radical (unpaired) electrons. The fourth-order valence-electron chi connectivity index (χ4n) is 7.54. The summed E-state index contributed by atoms with van der Waals surface area (Å²) in [5.41, 5.74) is -0.770. The van der Waals surface area contributed by atoms with E-state index in [0.717, 1.165) is 11.1 Å². The molecule has 4 bridgehead atoms. The molecule has 16 heteroatoms. The van der Waals surface area contributed by atoms with E-state index in [-0.39, 0.29) is 41.2 Å². The molecule has 0 unspecified atom stereocenters. The number of nitro benzene ring substituents is 1. The van der Waals surface area contributed by atoms with Crippen LogP contribution < -0.4 is 15.0 Å². The monoisotopic (exact) mass is 808 g/mol. The highest BCUT2D eigenvalue weighted by atomic mass is 35.5. The van der Waals surface area contributed by atoms with Gasteiger partial charge in [0.2, 0.25) is 5.91 Å². The number of pyridine rings is 1. The highest BCUT2D eigenvalue weighted by Crippen LogP contribution is 2.50. The third-order valence-corrected chi connectivity index (χ3v) is 11.0. The summed E-state index contributed by atoms with van der Waals surface area (Å²) < 4.78 is 29.3. The van der Waals surface area contributed by atoms with Crippen molar-refractivity contribution in [3.63, 3.8) is 0 Å². The molecule has 2 N–H and O–H groups in total. The molecule has 2 aromatic carbocycles. The minimum absolute atomic E-state index is 0.0282. The minimum atomic E-state index is -1.61. The van der Waals surface area contributed by atoms with Crippen molar-refractivity contribution in [1.29, 1.82) is 0 Å². The number of epoxide rings is 1. The number of nitro groups is 1. The van der Waals surface area contributed by atoms with Gasteiger partial charge in [-0.2, -0.15) is 0 Å². The third-order valence-electron chi connectivity index (χ3n) is 10.6. The maximum atomic E-state index is 14.2. The molecule has 2 fully saturated rings. The van der Waals surface area contributed by atoms with Gasteiger partial charge in [-0.1, -0.05) is 56.2 Å². The predicted molar refractivity (Wildman–Crippen MR) is 214 cm³/mol. The first-order valence-corrected chi connectivity index (χ1v) is 19.1. The van der Waals surface area contributed by atoms with E-state index in [0.29, 0.717) is 23.2 Å². The largest absolute Gasteiger partial charge is 0.495 e. The lowest BCUT2D eigenvalue weighted by molar-refractivity contribution is -0.383. The second-order valence-corrected chi connectivity index (χ2v) is 14.8. The Morgan fingerprint density at radius 3 is 2.61 bits per heavy atom. The number of amides is 2. The first-order chi connectivity index (χ1) is 27.1. The van der Waals surface area contributed by atoms with Crippen LogP contribution in [0.4, 0.5) is 21.9 Å². The van der Waals surface area contributed by atoms with Crippen LogP contribution >= 0.6 is 11.6 Å². The summed E-state index contributed by atoms with van der Waals surface area (Å²) in [6.07, 6.45) is 2.03. The molecule has 3 aliphatic heterocycles. The summed E-state index contributed by atoms with van der Waals surface area (Å²) >= 11 is 6.76. The molecule has 15 nitrogen and oxygen atoms in total. The number of halogens is 1. The molecule has 2 amide bonds. The van der Waals surface area contributed by atoms with Gasteiger partial charge in [-0.05, 0) is 56.2 Å². The first kappa shape index (κ1) is 43.0. The summed E-state index contributed by atoms with van der Waals surface area (Å²) in [5.74, 6) is -1.26. The zero-order chi connectivity index (χ0) is 41.8. The first-order valence-electron chi connectivity index (χ1n) is 18.7. The van der Waals surface area contributed by atoms with E-state index in [1.165, 1.54) is 37.4 Å². The van der Waals surface area contributed by atoms with Gasteiger partial charge in [0.1, 0.15) is 45.8 Å². The Bertz CT molecular complexity index is 2090. The number of allylic oxidation sites excluding steroid dienone is 3. The number of anilines is 2. The fraction of sp³-hybridized carbons (Fsp3) is 0.463. The average molecular weight is 809 g/mol. The second kappa shape index (κ2) is 17.6. The van der Waals surface area contributed by atoms with E-state index in [1.54, 1.807) is 57.3 Å². The Labute approximate surface area is 336 Å². The number of esters is 1. The van der Waals surface area contributed by atoms with Crippen LogP contribution in [0, 0.1) is 16.0 Å². The smallest absolute Gasteiger partial charge is 0.412 e. The number of fused-ring (bicyclic) bond motifs is 6. The summed E-state index contributed by atoms with van der Waals surface area (Å²) in [6, 6.07) is 9.31. The highest BCUT2D eigenvalue weighted by Gasteiger charge is 2.64. The predicted octanol–water partition coefficient (Wildman–Crippen LogP) is 7.11. The number of rotatable bonds is 5. The Balaban J connectivity index is 0.00000305. The van der Waals surface area contributed by atoms with Gasteiger partial charge in [-0.3, -0.25) is 25.0 Å². The summed E-state index contributed by atoms with van der Waals surface area (Å²) in [5, 5.41) is 26.7. The lowest BCUT2D eigenvalue weighted by Gasteiger charge is -2.41. The zero-order valence-electron chi connectivity index (χ0n) is 33.2. The number of carbonyl (C=O) groups is 3. The summed E-state index contributed by atoms with van der Waals surface area (Å²) in [7, 11) is 4.48. The van der Waals surface area contributed by atoms with Gasteiger partial charge >= 0.3 is 12.1 Å². The van der Waals surface area contributed by atoms with Gasteiger partial charge < -0.3 is 33.7 Å². The van der Waals surface area contributed by atoms with Crippen molar-refractivity contribution in [2.75, 3.05) is 31.5 Å². The number of hydrogen-bond acceptors (Lipinski definition) is 12. The molecular formula is C41H49ClN4O11. The lowest BCUT2D eigenvalue weighted by atomic mass is 9.78. The van der Waals surface area contributed by atoms with Crippen molar-refractivity contribution in [2.45, 2.75) is 95.9 Å². The molecule has 0 saturated carbocycles. The van der Waals surface area contributed by atoms with Crippen LogP contribution in [0.2, 0.25) is 5.02 Å². The Morgan fingerprint density at radius 1 is 1.19 bits per heavy atom. The zero-order valence-corrected chi connectivity index (χ0v) is 34.0. The second-order valence-electron chi connectivity index (χ2n) is 14.4. The van der Waals surface area contributed by atoms with E-state index in [1.807, 2.05) is 26.8 Å². The van der Waals surface area contributed by atoms with Crippen molar-refractivity contribution >= 4 is 57.5 Å². The van der Waals surface area contributed by atoms with Crippen LogP contribution in [0.3, 0.4) is 0 Å². The van der Waals surface area contributed by atoms with Gasteiger partial charge in [-0.15, -0.1) is 0 Å². The number of nitrogens with zero attached hydrogens (tertiary/aromatic N) is 3. The van der Waals surface area contributed by atoms with Crippen LogP contribution in [0.5, 0.6) is 5.75 Å². The Kier molecular flexibility index (Phi) is 13.3. The fourth-order valence-corrected chi connectivity index (χ4v) is 7.85. The van der Waals surface area contributed by atoms with Gasteiger partial charge in [0.15, 0.2) is 0 Å². The number of aliphatic hydroxyl groups is 1. The van der Waals surface area contributed by atoms with Crippen LogP contribution in [0.25, 0.3) is 10.9 Å². The minimum Gasteiger partial charge on any atom is -0.495 e. The van der Waals surface area contributed by atoms with Crippen molar-refractivity contribution in [3.8, 4) is 5.75 Å². The topological polar surface area (TPSA) is 192 Å². The summed E-state index contributed by atoms with van der Waals surface area (Å²) in [4.78, 5) is 57.4. The quantitative estimate of drug-likeness (QED) is 0.115. The Morgan fingerprint density at radius 2 is 1.93 bits per heavy atom. The van der Waals surface area contributed by atoms with Gasteiger partial charge in [0.25, 0.3) is 5.69 Å². The number of non-ortho nitro benzene ring substituents is 1. The van der Waals surface area contributed by atoms with Crippen LogP contribution in [0.15, 0.2) is 66.4 Å². The van der Waals surface area contributed by atoms with E-state index >= 15 is 0 Å². The Hall–Kier alpha value is -5.09. The van der Waals surface area contributed by atoms with E-state index in [9.17, 15) is 29.6 Å². The lowest BCUT2D eigenvalue weighted by Crippen LogP contribution is -2.53. The van der Waals surface area contributed by atoms with Crippen molar-refractivity contribution < 1.29 is 48.1 Å². The van der Waals surface area contributed by atoms with E-state index in [2.05, 4.69) is 10.3 Å². The highest BCUT2D eigenvalue weighted by molar-refractivity contribution is 6.35. The van der Waals surface area contributed by atoms with Crippen LogP contribution in [0.1, 0.15) is 59.4 Å². The normalized spacial score (nSPS) is 29.1. The third kappa shape index (κ3) is 9.06. The number of carbonyl (C=O) groups excluding carboxylic acids is 3. The number of hydrogen-bond donors (Lipinski definition) is 2. The molecule has 7 atom stereocenters. The van der Waals surface area contributed by atoms with Crippen LogP contribution in [-0.4, -0.2) is 89.9 Å². The molecule has 0 spiro atoms. The van der Waals surface area contributed by atoms with Gasteiger partial charge in [0, 0.05) is 44.1 Å². The number of nitrogens with one attached hydrogen (secondary N) is 1. The van der Waals surface area contributed by atoms with Gasteiger partial charge in [0.05, 0.1) is 42.4 Å². The van der Waals surface area contributed by atoms with Crippen molar-refractivity contribution in [2.24, 2.45) is 5.92 Å². The SMILES string of the molecule is CC.COc1cc2cc(c1Cl)N(C)C(=O)C[C@H](OC(=O)Nc1ccc([N+](=O)[O-])c3ncccc13)[C@]1(C)O[C@H]1[C@H](C)[C@@H]1C[C@@](O)(CC(=O)O1)[C@H](OC)/C=C/C=C(\C)C2. The number of methoxy groups -OCH3 is 2. The molecule has 1 aromatic heterocycles. The maximum absolute atomic E-state index is 14.2. The molecule has 0 aliphatic carbocycles. The standard InChI is InChI=1S/C39H43ClN4O11.C2H6/c1-21-9-7-11-30(52-6)39(48)19-29(53-33(46)20-39)22(2)36-38(3,55-36)31(18-32(45)43(4)27-16-23(15-21)17-28(51-5)34(27)40)54-37(47)42-25-12-13-26(44(49)50)35-24(25)10-8-14-41-35;1-2/h7-14,16-17,22,29-31,36,48H,15,18-20H2,1-6H3,(H,42,47);1-2H3/b11-7+,21-9+;/t22-,29+,30-,31+,36+,38+,39-;/m1./s1. The average Bonchev–Trinajstić information content (AvgIpc) is 3.88. The number of aromatic nitrogens is 1. The van der Waals surface area contributed by atoms with Crippen LogP contribution in [-0.2, 0) is 35.0 Å². The molecule has 57 heavy (non-hydrogen) atoms. The molecule has 6 rings (SSSR count). The molecule has 2 saturated heterocycles. The molecule has 4 heterocycles. The molecular weight excluding hydrogens is 760 g/mol. The number of benzene rings is 2. The molecule has 3 aromatic rings. The summed E-state index contributed by atoms with van der Waals surface area (Å²) in [6.45, 7) is 9.41. The molecule has 306 valence electrons. The van der Waals surface area contributed by atoms with E-state index in [4.69, 9.17) is 35.3 Å².